The molecule has 0 N–H and O–H groups in total. The topological polar surface area (TPSA) is 0 Å². The molecule has 0 nitrogen and oxygen atoms in total. The molecule has 178 valence electrons. The maximum absolute atomic E-state index is 14.8. The summed E-state index contributed by atoms with van der Waals surface area (Å²) in [6.45, 7) is 2.04. The summed E-state index contributed by atoms with van der Waals surface area (Å²) in [6.07, 6.45) is 3.38. The molecule has 0 aliphatic rings. The Hall–Kier alpha value is -3.72. The summed E-state index contributed by atoms with van der Waals surface area (Å²) in [5.41, 5.74) is 0.802. The van der Waals surface area contributed by atoms with Crippen LogP contribution < -0.4 is 0 Å². The Bertz CT molecular complexity index is 1450. The predicted octanol–water partition coefficient (Wildman–Crippen LogP) is 8.47. The molecule has 4 aromatic rings. The van der Waals surface area contributed by atoms with Crippen LogP contribution in [-0.2, 0) is 6.42 Å². The highest BCUT2D eigenvalue weighted by Crippen LogP contribution is 2.30. The van der Waals surface area contributed by atoms with Crippen molar-refractivity contribution in [2.24, 2.45) is 0 Å². The van der Waals surface area contributed by atoms with Crippen molar-refractivity contribution in [3.63, 3.8) is 0 Å². The van der Waals surface area contributed by atoms with Crippen molar-refractivity contribution >= 4 is 10.8 Å². The normalized spacial score (nSPS) is 10.9. The summed E-state index contributed by atoms with van der Waals surface area (Å²) >= 11 is 0. The Morgan fingerprint density at radius 1 is 0.657 bits per heavy atom. The van der Waals surface area contributed by atoms with Crippen molar-refractivity contribution in [3.05, 3.63) is 106 Å². The first kappa shape index (κ1) is 24.4. The number of rotatable bonds is 5. The number of halogens is 6. The number of benzene rings is 4. The van der Waals surface area contributed by atoms with E-state index in [4.69, 9.17) is 0 Å². The lowest BCUT2D eigenvalue weighted by atomic mass is 9.99. The molecular formula is C29H20F6. The molecule has 0 spiro atoms. The molecule has 4 aromatic carbocycles. The number of hydrogen-bond donors (Lipinski definition) is 0. The van der Waals surface area contributed by atoms with Crippen LogP contribution in [-0.4, -0.2) is 0 Å². The lowest BCUT2D eigenvalue weighted by molar-refractivity contribution is 0.453. The van der Waals surface area contributed by atoms with Gasteiger partial charge in [0.25, 0.3) is 0 Å². The average Bonchev–Trinajstić information content (AvgIpc) is 2.82. The quantitative estimate of drug-likeness (QED) is 0.116. The zero-order valence-electron chi connectivity index (χ0n) is 18.8. The highest BCUT2D eigenvalue weighted by molar-refractivity contribution is 5.88. The first-order chi connectivity index (χ1) is 16.8. The Morgan fingerprint density at radius 2 is 1.40 bits per heavy atom. The Labute approximate surface area is 199 Å². The minimum absolute atomic E-state index is 0.0752. The summed E-state index contributed by atoms with van der Waals surface area (Å²) in [6, 6.07) is 11.3. The maximum Gasteiger partial charge on any atom is 0.195 e. The third kappa shape index (κ3) is 5.19. The summed E-state index contributed by atoms with van der Waals surface area (Å²) in [5.74, 6) is -1.45. The average molecular weight is 482 g/mol. The molecule has 0 radical (unpaired) electrons. The molecule has 0 heterocycles. The molecule has 0 bridgehead atoms. The van der Waals surface area contributed by atoms with Crippen molar-refractivity contribution in [2.45, 2.75) is 32.6 Å². The summed E-state index contributed by atoms with van der Waals surface area (Å²) in [5, 5.41) is -0.0535. The van der Waals surface area contributed by atoms with Crippen LogP contribution in [0.3, 0.4) is 0 Å². The third-order valence-electron chi connectivity index (χ3n) is 5.76. The van der Waals surface area contributed by atoms with Gasteiger partial charge < -0.3 is 0 Å². The predicted molar refractivity (Wildman–Crippen MR) is 125 cm³/mol. The van der Waals surface area contributed by atoms with Crippen LogP contribution >= 0.6 is 0 Å². The fourth-order valence-corrected chi connectivity index (χ4v) is 3.90. The second kappa shape index (κ2) is 10.3. The summed E-state index contributed by atoms with van der Waals surface area (Å²) in [7, 11) is 0. The molecule has 35 heavy (non-hydrogen) atoms. The SMILES string of the molecule is CCCCCc1cc(F)c(C#Cc2ccc(-c3ccc4c(F)c(F)c(F)cc4c3)c(F)c2)c(F)c1. The van der Waals surface area contributed by atoms with Gasteiger partial charge in [0.1, 0.15) is 17.5 Å². The first-order valence-corrected chi connectivity index (χ1v) is 11.2. The van der Waals surface area contributed by atoms with E-state index in [-0.39, 0.29) is 27.5 Å². The van der Waals surface area contributed by atoms with E-state index in [0.29, 0.717) is 17.5 Å². The zero-order valence-corrected chi connectivity index (χ0v) is 18.8. The lowest BCUT2D eigenvalue weighted by Gasteiger charge is -2.08. The fourth-order valence-electron chi connectivity index (χ4n) is 3.90. The summed E-state index contributed by atoms with van der Waals surface area (Å²) < 4.78 is 84.6. The van der Waals surface area contributed by atoms with Gasteiger partial charge in [0.2, 0.25) is 0 Å². The van der Waals surface area contributed by atoms with Gasteiger partial charge in [0, 0.05) is 16.5 Å². The van der Waals surface area contributed by atoms with E-state index < -0.39 is 34.9 Å². The van der Waals surface area contributed by atoms with E-state index in [0.717, 1.165) is 31.4 Å². The van der Waals surface area contributed by atoms with Crippen LogP contribution in [0.25, 0.3) is 21.9 Å². The van der Waals surface area contributed by atoms with Gasteiger partial charge in [-0.2, -0.15) is 0 Å². The fraction of sp³-hybridized carbons (Fsp3) is 0.172. The van der Waals surface area contributed by atoms with E-state index in [1.165, 1.54) is 42.5 Å². The highest BCUT2D eigenvalue weighted by Gasteiger charge is 2.15. The van der Waals surface area contributed by atoms with Gasteiger partial charge in [-0.15, -0.1) is 0 Å². The lowest BCUT2D eigenvalue weighted by Crippen LogP contribution is -1.95. The van der Waals surface area contributed by atoms with E-state index in [1.54, 1.807) is 0 Å². The van der Waals surface area contributed by atoms with Gasteiger partial charge in [-0.05, 0) is 65.8 Å². The third-order valence-corrected chi connectivity index (χ3v) is 5.76. The van der Waals surface area contributed by atoms with Crippen molar-refractivity contribution in [1.82, 2.24) is 0 Å². The molecule has 0 fully saturated rings. The number of unbranched alkanes of at least 4 members (excludes halogenated alkanes) is 2. The van der Waals surface area contributed by atoms with Crippen molar-refractivity contribution in [3.8, 4) is 23.0 Å². The largest absolute Gasteiger partial charge is 0.206 e. The van der Waals surface area contributed by atoms with Crippen LogP contribution in [0.4, 0.5) is 26.3 Å². The molecule has 0 aliphatic carbocycles. The Morgan fingerprint density at radius 3 is 2.09 bits per heavy atom. The van der Waals surface area contributed by atoms with Gasteiger partial charge in [0.15, 0.2) is 17.5 Å². The van der Waals surface area contributed by atoms with Gasteiger partial charge in [-0.25, -0.2) is 26.3 Å². The molecule has 4 rings (SSSR count). The zero-order chi connectivity index (χ0) is 25.1. The second-order valence-corrected chi connectivity index (χ2v) is 8.26. The highest BCUT2D eigenvalue weighted by atomic mass is 19.2. The standard InChI is InChI=1S/C29H20F6/c1-2-3-4-5-18-13-25(31)23(26(32)14-18)10-7-17-6-9-21(24(30)12-17)19-8-11-22-20(15-19)16-27(33)29(35)28(22)34/h6,8-9,11-16H,2-5H2,1H3. The maximum atomic E-state index is 14.8. The molecule has 0 atom stereocenters. The van der Waals surface area contributed by atoms with Crippen LogP contribution in [0.5, 0.6) is 0 Å². The van der Waals surface area contributed by atoms with E-state index in [9.17, 15) is 26.3 Å². The smallest absolute Gasteiger partial charge is 0.195 e. The molecule has 0 saturated carbocycles. The molecule has 0 unspecified atom stereocenters. The van der Waals surface area contributed by atoms with Crippen molar-refractivity contribution < 1.29 is 26.3 Å². The number of hydrogen-bond acceptors (Lipinski definition) is 0. The molecular weight excluding hydrogens is 462 g/mol. The van der Waals surface area contributed by atoms with Gasteiger partial charge in [0.05, 0.1) is 5.56 Å². The van der Waals surface area contributed by atoms with E-state index >= 15 is 0 Å². The molecule has 6 heteroatoms. The van der Waals surface area contributed by atoms with E-state index in [1.807, 2.05) is 6.92 Å². The van der Waals surface area contributed by atoms with Crippen LogP contribution in [0.1, 0.15) is 42.9 Å². The minimum atomic E-state index is -1.57. The van der Waals surface area contributed by atoms with Crippen LogP contribution in [0, 0.1) is 46.7 Å². The first-order valence-electron chi connectivity index (χ1n) is 11.2. The van der Waals surface area contributed by atoms with Gasteiger partial charge in [-0.3, -0.25) is 0 Å². The molecule has 0 saturated heterocycles. The van der Waals surface area contributed by atoms with E-state index in [2.05, 4.69) is 11.8 Å². The van der Waals surface area contributed by atoms with Gasteiger partial charge in [-0.1, -0.05) is 49.8 Å². The van der Waals surface area contributed by atoms with Gasteiger partial charge >= 0.3 is 0 Å². The Balaban J connectivity index is 1.61. The van der Waals surface area contributed by atoms with Crippen molar-refractivity contribution in [2.75, 3.05) is 0 Å². The van der Waals surface area contributed by atoms with Crippen molar-refractivity contribution in [1.29, 1.82) is 0 Å². The monoisotopic (exact) mass is 482 g/mol. The minimum Gasteiger partial charge on any atom is -0.206 e. The number of aryl methyl sites for hydroxylation is 1. The molecule has 0 aromatic heterocycles. The van der Waals surface area contributed by atoms with Crippen LogP contribution in [0.2, 0.25) is 0 Å². The molecule has 0 amide bonds. The Kier molecular flexibility index (Phi) is 7.16. The molecule has 0 aliphatic heterocycles. The number of fused-ring (bicyclic) bond motifs is 1. The van der Waals surface area contributed by atoms with Crippen LogP contribution in [0.15, 0.2) is 54.6 Å². The second-order valence-electron chi connectivity index (χ2n) is 8.26. The summed E-state index contributed by atoms with van der Waals surface area (Å²) in [4.78, 5) is 0.